The topological polar surface area (TPSA) is 52.6 Å². The first-order chi connectivity index (χ1) is 14.1. The van der Waals surface area contributed by atoms with Crippen LogP contribution in [0, 0.1) is 13.8 Å². The van der Waals surface area contributed by atoms with Gasteiger partial charge in [-0.1, -0.05) is 18.2 Å². The number of hydrogen-bond donors (Lipinski definition) is 1. The lowest BCUT2D eigenvalue weighted by Gasteiger charge is -2.15. The summed E-state index contributed by atoms with van der Waals surface area (Å²) in [6, 6.07) is 16.0. The molecular formula is C24H28N2O3. The third-order valence-electron chi connectivity index (χ3n) is 4.74. The Hall–Kier alpha value is -3.05. The number of aryl methyl sites for hydroxylation is 2. The summed E-state index contributed by atoms with van der Waals surface area (Å²) in [6.07, 6.45) is 1.78. The van der Waals surface area contributed by atoms with E-state index in [-0.39, 0.29) is 0 Å². The van der Waals surface area contributed by atoms with Crippen molar-refractivity contribution in [3.63, 3.8) is 0 Å². The zero-order valence-corrected chi connectivity index (χ0v) is 17.5. The van der Waals surface area contributed by atoms with E-state index in [1.165, 1.54) is 5.56 Å². The molecule has 3 rings (SSSR count). The third kappa shape index (κ3) is 5.48. The van der Waals surface area contributed by atoms with Gasteiger partial charge in [0, 0.05) is 24.8 Å². The Labute approximate surface area is 172 Å². The highest BCUT2D eigenvalue weighted by Gasteiger charge is 2.09. The molecule has 1 aromatic heterocycles. The SMILES string of the molecule is COc1ccc(OC)c(CNCc2cc(C)c(OCc3ccccn3)c(C)c2)c1. The first-order valence-corrected chi connectivity index (χ1v) is 9.65. The molecule has 0 aliphatic heterocycles. The van der Waals surface area contributed by atoms with Gasteiger partial charge in [-0.2, -0.15) is 0 Å². The molecule has 2 aromatic carbocycles. The maximum Gasteiger partial charge on any atom is 0.130 e. The number of pyridine rings is 1. The predicted molar refractivity (Wildman–Crippen MR) is 115 cm³/mol. The minimum Gasteiger partial charge on any atom is -0.497 e. The molecule has 0 saturated heterocycles. The van der Waals surface area contributed by atoms with Crippen LogP contribution < -0.4 is 19.5 Å². The van der Waals surface area contributed by atoms with E-state index >= 15 is 0 Å². The van der Waals surface area contributed by atoms with Crippen molar-refractivity contribution in [3.8, 4) is 17.2 Å². The van der Waals surface area contributed by atoms with Crippen LogP contribution in [0.15, 0.2) is 54.7 Å². The Morgan fingerprint density at radius 2 is 1.69 bits per heavy atom. The van der Waals surface area contributed by atoms with Gasteiger partial charge in [0.25, 0.3) is 0 Å². The Kier molecular flexibility index (Phi) is 7.09. The summed E-state index contributed by atoms with van der Waals surface area (Å²) in [5, 5.41) is 3.49. The number of hydrogen-bond acceptors (Lipinski definition) is 5. The molecule has 1 N–H and O–H groups in total. The zero-order chi connectivity index (χ0) is 20.6. The van der Waals surface area contributed by atoms with Crippen LogP contribution in [0.5, 0.6) is 17.2 Å². The molecule has 0 aliphatic carbocycles. The molecule has 0 aliphatic rings. The number of rotatable bonds is 9. The predicted octanol–water partition coefficient (Wildman–Crippen LogP) is 4.58. The number of ether oxygens (including phenoxy) is 3. The fourth-order valence-electron chi connectivity index (χ4n) is 3.36. The Bertz CT molecular complexity index is 919. The number of benzene rings is 2. The van der Waals surface area contributed by atoms with Crippen LogP contribution in [0.3, 0.4) is 0 Å². The zero-order valence-electron chi connectivity index (χ0n) is 17.5. The average Bonchev–Trinajstić information content (AvgIpc) is 2.74. The lowest BCUT2D eigenvalue weighted by Crippen LogP contribution is -2.14. The molecule has 0 radical (unpaired) electrons. The van der Waals surface area contributed by atoms with Crippen LogP contribution in [0.25, 0.3) is 0 Å². The van der Waals surface area contributed by atoms with Crippen LogP contribution in [0.2, 0.25) is 0 Å². The van der Waals surface area contributed by atoms with E-state index in [0.29, 0.717) is 13.2 Å². The fourth-order valence-corrected chi connectivity index (χ4v) is 3.36. The molecule has 152 valence electrons. The van der Waals surface area contributed by atoms with Crippen molar-refractivity contribution in [1.82, 2.24) is 10.3 Å². The smallest absolute Gasteiger partial charge is 0.130 e. The Balaban J connectivity index is 1.62. The monoisotopic (exact) mass is 392 g/mol. The highest BCUT2D eigenvalue weighted by molar-refractivity contribution is 5.44. The van der Waals surface area contributed by atoms with Gasteiger partial charge in [0.2, 0.25) is 0 Å². The molecule has 0 spiro atoms. The molecule has 3 aromatic rings. The summed E-state index contributed by atoms with van der Waals surface area (Å²) < 4.78 is 16.8. The molecule has 5 heteroatoms. The maximum absolute atomic E-state index is 6.02. The maximum atomic E-state index is 6.02. The van der Waals surface area contributed by atoms with Gasteiger partial charge >= 0.3 is 0 Å². The largest absolute Gasteiger partial charge is 0.497 e. The van der Waals surface area contributed by atoms with Crippen molar-refractivity contribution in [3.05, 3.63) is 82.7 Å². The van der Waals surface area contributed by atoms with Crippen molar-refractivity contribution >= 4 is 0 Å². The van der Waals surface area contributed by atoms with Gasteiger partial charge in [-0.3, -0.25) is 4.98 Å². The average molecular weight is 392 g/mol. The minimum absolute atomic E-state index is 0.468. The molecule has 0 unspecified atom stereocenters. The highest BCUT2D eigenvalue weighted by atomic mass is 16.5. The van der Waals surface area contributed by atoms with Gasteiger partial charge in [0.05, 0.1) is 19.9 Å². The van der Waals surface area contributed by atoms with E-state index in [1.807, 2.05) is 36.4 Å². The third-order valence-corrected chi connectivity index (χ3v) is 4.74. The second kappa shape index (κ2) is 9.94. The van der Waals surface area contributed by atoms with E-state index < -0.39 is 0 Å². The lowest BCUT2D eigenvalue weighted by atomic mass is 10.1. The number of aromatic nitrogens is 1. The van der Waals surface area contributed by atoms with Crippen molar-refractivity contribution in [2.75, 3.05) is 14.2 Å². The van der Waals surface area contributed by atoms with Crippen LogP contribution >= 0.6 is 0 Å². The quantitative estimate of drug-likeness (QED) is 0.577. The van der Waals surface area contributed by atoms with E-state index in [1.54, 1.807) is 20.4 Å². The minimum atomic E-state index is 0.468. The lowest BCUT2D eigenvalue weighted by molar-refractivity contribution is 0.297. The summed E-state index contributed by atoms with van der Waals surface area (Å²) >= 11 is 0. The van der Waals surface area contributed by atoms with Gasteiger partial charge in [-0.15, -0.1) is 0 Å². The normalized spacial score (nSPS) is 10.6. The molecule has 0 saturated carbocycles. The summed E-state index contributed by atoms with van der Waals surface area (Å²) in [7, 11) is 3.35. The highest BCUT2D eigenvalue weighted by Crippen LogP contribution is 2.26. The van der Waals surface area contributed by atoms with Crippen LogP contribution in [0.1, 0.15) is 27.9 Å². The molecule has 0 bridgehead atoms. The van der Waals surface area contributed by atoms with Crippen LogP contribution in [0.4, 0.5) is 0 Å². The molecule has 29 heavy (non-hydrogen) atoms. The number of nitrogens with zero attached hydrogens (tertiary/aromatic N) is 1. The second-order valence-electron chi connectivity index (χ2n) is 6.95. The van der Waals surface area contributed by atoms with Gasteiger partial charge in [-0.25, -0.2) is 0 Å². The molecule has 1 heterocycles. The van der Waals surface area contributed by atoms with Gasteiger partial charge in [0.1, 0.15) is 23.9 Å². The van der Waals surface area contributed by atoms with Gasteiger partial charge in [-0.05, 0) is 60.9 Å². The van der Waals surface area contributed by atoms with Crippen LogP contribution in [-0.4, -0.2) is 19.2 Å². The number of nitrogens with one attached hydrogen (secondary N) is 1. The molecule has 5 nitrogen and oxygen atoms in total. The molecular weight excluding hydrogens is 364 g/mol. The van der Waals surface area contributed by atoms with Crippen LogP contribution in [-0.2, 0) is 19.7 Å². The molecule has 0 fully saturated rings. The standard InChI is InChI=1S/C24H28N2O3/c1-17-11-19(12-18(2)24(17)29-16-21-7-5-6-10-26-21)14-25-15-20-13-22(27-3)8-9-23(20)28-4/h5-13,25H,14-16H2,1-4H3. The fraction of sp³-hybridized carbons (Fsp3) is 0.292. The van der Waals surface area contributed by atoms with Crippen molar-refractivity contribution in [1.29, 1.82) is 0 Å². The first-order valence-electron chi connectivity index (χ1n) is 9.65. The summed E-state index contributed by atoms with van der Waals surface area (Å²) in [4.78, 5) is 4.31. The molecule has 0 atom stereocenters. The van der Waals surface area contributed by atoms with Crippen molar-refractivity contribution < 1.29 is 14.2 Å². The molecule has 0 amide bonds. The first kappa shape index (κ1) is 20.7. The summed E-state index contributed by atoms with van der Waals surface area (Å²) in [6.45, 7) is 6.07. The van der Waals surface area contributed by atoms with E-state index in [4.69, 9.17) is 14.2 Å². The van der Waals surface area contributed by atoms with E-state index in [9.17, 15) is 0 Å². The summed E-state index contributed by atoms with van der Waals surface area (Å²) in [5.41, 5.74) is 5.44. The van der Waals surface area contributed by atoms with Crippen molar-refractivity contribution in [2.45, 2.75) is 33.5 Å². The Morgan fingerprint density at radius 3 is 2.34 bits per heavy atom. The van der Waals surface area contributed by atoms with Crippen molar-refractivity contribution in [2.24, 2.45) is 0 Å². The van der Waals surface area contributed by atoms with E-state index in [0.717, 1.165) is 46.2 Å². The van der Waals surface area contributed by atoms with E-state index in [2.05, 4.69) is 36.3 Å². The van der Waals surface area contributed by atoms with Gasteiger partial charge in [0.15, 0.2) is 0 Å². The second-order valence-corrected chi connectivity index (χ2v) is 6.95. The van der Waals surface area contributed by atoms with Gasteiger partial charge < -0.3 is 19.5 Å². The summed E-state index contributed by atoms with van der Waals surface area (Å²) in [5.74, 6) is 2.60. The Morgan fingerprint density at radius 1 is 0.897 bits per heavy atom. The number of methoxy groups -OCH3 is 2.